The molecule has 0 saturated carbocycles. The number of benzene rings is 3. The number of fused-ring (bicyclic) bond motifs is 1. The summed E-state index contributed by atoms with van der Waals surface area (Å²) < 4.78 is 16.0. The van der Waals surface area contributed by atoms with Crippen LogP contribution in [0.1, 0.15) is 49.9 Å². The van der Waals surface area contributed by atoms with Gasteiger partial charge in [-0.25, -0.2) is 4.79 Å². The largest absolute Gasteiger partial charge is 0.454 e. The highest BCUT2D eigenvalue weighted by molar-refractivity contribution is 6.14. The zero-order valence-electron chi connectivity index (χ0n) is 19.2. The molecule has 34 heavy (non-hydrogen) atoms. The number of rotatable bonds is 7. The SMILES string of the molecule is Cc1ccc(C(=O)c2ccccc2C(=O)O[C@@H](C)C(=O)NCc2ccc3c(c2)OCO3)cc1C. The van der Waals surface area contributed by atoms with Crippen molar-refractivity contribution < 1.29 is 28.6 Å². The first-order valence-corrected chi connectivity index (χ1v) is 10.9. The number of hydrogen-bond acceptors (Lipinski definition) is 6. The highest BCUT2D eigenvalue weighted by Crippen LogP contribution is 2.32. The van der Waals surface area contributed by atoms with E-state index in [0.29, 0.717) is 17.1 Å². The van der Waals surface area contributed by atoms with Gasteiger partial charge in [-0.05, 0) is 61.7 Å². The molecule has 174 valence electrons. The van der Waals surface area contributed by atoms with E-state index in [4.69, 9.17) is 14.2 Å². The van der Waals surface area contributed by atoms with Crippen LogP contribution >= 0.6 is 0 Å². The van der Waals surface area contributed by atoms with Gasteiger partial charge >= 0.3 is 5.97 Å². The van der Waals surface area contributed by atoms with Crippen LogP contribution in [0.5, 0.6) is 11.5 Å². The Morgan fingerprint density at radius 2 is 1.65 bits per heavy atom. The normalized spacial score (nSPS) is 12.7. The molecule has 0 unspecified atom stereocenters. The number of ketones is 1. The maximum atomic E-state index is 13.1. The van der Waals surface area contributed by atoms with Gasteiger partial charge in [0.15, 0.2) is 23.4 Å². The Hall–Kier alpha value is -4.13. The monoisotopic (exact) mass is 459 g/mol. The van der Waals surface area contributed by atoms with Crippen molar-refractivity contribution in [3.63, 3.8) is 0 Å². The number of hydrogen-bond donors (Lipinski definition) is 1. The standard InChI is InChI=1S/C27H25NO6/c1-16-8-10-20(12-17(16)2)25(29)21-6-4-5-7-22(21)27(31)34-18(3)26(30)28-14-19-9-11-23-24(13-19)33-15-32-23/h4-13,18H,14-15H2,1-3H3,(H,28,30)/t18-/m0/s1. The lowest BCUT2D eigenvalue weighted by Crippen LogP contribution is -2.35. The fourth-order valence-corrected chi connectivity index (χ4v) is 3.56. The minimum absolute atomic E-state index is 0.112. The molecule has 1 atom stereocenters. The van der Waals surface area contributed by atoms with Crippen LogP contribution in [0, 0.1) is 13.8 Å². The lowest BCUT2D eigenvalue weighted by molar-refractivity contribution is -0.129. The number of carbonyl (C=O) groups is 3. The van der Waals surface area contributed by atoms with Crippen molar-refractivity contribution in [3.05, 3.63) is 94.0 Å². The maximum absolute atomic E-state index is 13.1. The number of amides is 1. The third-order valence-corrected chi connectivity index (χ3v) is 5.72. The van der Waals surface area contributed by atoms with Crippen molar-refractivity contribution in [1.29, 1.82) is 0 Å². The molecule has 0 saturated heterocycles. The van der Waals surface area contributed by atoms with Gasteiger partial charge in [0.1, 0.15) is 0 Å². The van der Waals surface area contributed by atoms with Gasteiger partial charge in [0.25, 0.3) is 5.91 Å². The third kappa shape index (κ3) is 4.93. The lowest BCUT2D eigenvalue weighted by Gasteiger charge is -2.15. The Bertz CT molecular complexity index is 1270. The predicted molar refractivity (Wildman–Crippen MR) is 125 cm³/mol. The number of esters is 1. The van der Waals surface area contributed by atoms with E-state index in [9.17, 15) is 14.4 Å². The molecule has 0 bridgehead atoms. The molecular formula is C27H25NO6. The minimum atomic E-state index is -1.05. The summed E-state index contributed by atoms with van der Waals surface area (Å²) in [6.07, 6.45) is -1.05. The van der Waals surface area contributed by atoms with Crippen molar-refractivity contribution in [2.75, 3.05) is 6.79 Å². The van der Waals surface area contributed by atoms with Gasteiger partial charge in [-0.2, -0.15) is 0 Å². The Labute approximate surface area is 197 Å². The molecule has 7 nitrogen and oxygen atoms in total. The molecule has 1 amide bonds. The molecule has 0 aromatic heterocycles. The van der Waals surface area contributed by atoms with Crippen LogP contribution in [-0.2, 0) is 16.1 Å². The number of carbonyl (C=O) groups excluding carboxylic acids is 3. The average molecular weight is 459 g/mol. The molecule has 0 radical (unpaired) electrons. The van der Waals surface area contributed by atoms with Crippen LogP contribution in [0.15, 0.2) is 60.7 Å². The first-order valence-electron chi connectivity index (χ1n) is 10.9. The van der Waals surface area contributed by atoms with Gasteiger partial charge in [0, 0.05) is 17.7 Å². The first-order chi connectivity index (χ1) is 16.3. The number of nitrogens with one attached hydrogen (secondary N) is 1. The summed E-state index contributed by atoms with van der Waals surface area (Å²) in [5.74, 6) is -0.194. The van der Waals surface area contributed by atoms with Crippen molar-refractivity contribution in [1.82, 2.24) is 5.32 Å². The third-order valence-electron chi connectivity index (χ3n) is 5.72. The summed E-state index contributed by atoms with van der Waals surface area (Å²) >= 11 is 0. The molecule has 1 aliphatic rings. The van der Waals surface area contributed by atoms with Gasteiger partial charge in [-0.1, -0.05) is 36.4 Å². The second-order valence-corrected chi connectivity index (χ2v) is 8.13. The van der Waals surface area contributed by atoms with E-state index >= 15 is 0 Å². The molecule has 4 rings (SSSR count). The molecular weight excluding hydrogens is 434 g/mol. The van der Waals surface area contributed by atoms with Crippen molar-refractivity contribution in [2.24, 2.45) is 0 Å². The Morgan fingerprint density at radius 1 is 0.912 bits per heavy atom. The molecule has 0 fully saturated rings. The fourth-order valence-electron chi connectivity index (χ4n) is 3.56. The molecule has 1 aliphatic heterocycles. The molecule has 3 aromatic carbocycles. The van der Waals surface area contributed by atoms with E-state index in [1.165, 1.54) is 13.0 Å². The Balaban J connectivity index is 1.41. The minimum Gasteiger partial charge on any atom is -0.454 e. The summed E-state index contributed by atoms with van der Waals surface area (Å²) in [4.78, 5) is 38.5. The second kappa shape index (κ2) is 9.79. The van der Waals surface area contributed by atoms with E-state index in [1.54, 1.807) is 42.5 Å². The van der Waals surface area contributed by atoms with Crippen LogP contribution in [-0.4, -0.2) is 30.6 Å². The summed E-state index contributed by atoms with van der Waals surface area (Å²) in [7, 11) is 0. The van der Waals surface area contributed by atoms with Gasteiger partial charge in [-0.15, -0.1) is 0 Å². The van der Waals surface area contributed by atoms with E-state index in [0.717, 1.165) is 16.7 Å². The molecule has 1 heterocycles. The van der Waals surface area contributed by atoms with E-state index in [-0.39, 0.29) is 30.2 Å². The molecule has 1 N–H and O–H groups in total. The zero-order chi connectivity index (χ0) is 24.2. The molecule has 0 aliphatic carbocycles. The predicted octanol–water partition coefficient (Wildman–Crippen LogP) is 4.12. The van der Waals surface area contributed by atoms with Crippen LogP contribution < -0.4 is 14.8 Å². The quantitative estimate of drug-likeness (QED) is 0.422. The van der Waals surface area contributed by atoms with Crippen LogP contribution in [0.3, 0.4) is 0 Å². The topological polar surface area (TPSA) is 90.9 Å². The maximum Gasteiger partial charge on any atom is 0.339 e. The average Bonchev–Trinajstić information content (AvgIpc) is 3.31. The smallest absolute Gasteiger partial charge is 0.339 e. The Kier molecular flexibility index (Phi) is 6.63. The van der Waals surface area contributed by atoms with Gasteiger partial charge in [0.2, 0.25) is 6.79 Å². The highest BCUT2D eigenvalue weighted by Gasteiger charge is 2.24. The van der Waals surface area contributed by atoms with Crippen LogP contribution in [0.2, 0.25) is 0 Å². The zero-order valence-corrected chi connectivity index (χ0v) is 19.2. The van der Waals surface area contributed by atoms with E-state index < -0.39 is 18.0 Å². The van der Waals surface area contributed by atoms with Gasteiger partial charge in [-0.3, -0.25) is 9.59 Å². The van der Waals surface area contributed by atoms with Crippen LogP contribution in [0.4, 0.5) is 0 Å². The first kappa shape index (κ1) is 23.0. The second-order valence-electron chi connectivity index (χ2n) is 8.13. The van der Waals surface area contributed by atoms with Crippen LogP contribution in [0.25, 0.3) is 0 Å². The molecule has 7 heteroatoms. The number of aryl methyl sites for hydroxylation is 2. The Morgan fingerprint density at radius 3 is 2.41 bits per heavy atom. The molecule has 3 aromatic rings. The summed E-state index contributed by atoms with van der Waals surface area (Å²) in [5, 5.41) is 2.74. The summed E-state index contributed by atoms with van der Waals surface area (Å²) in [6.45, 7) is 5.79. The van der Waals surface area contributed by atoms with Gasteiger partial charge < -0.3 is 19.5 Å². The highest BCUT2D eigenvalue weighted by atomic mass is 16.7. The molecule has 0 spiro atoms. The van der Waals surface area contributed by atoms with Crippen molar-refractivity contribution >= 4 is 17.7 Å². The summed E-state index contributed by atoms with van der Waals surface area (Å²) in [6, 6.07) is 17.2. The number of ether oxygens (including phenoxy) is 3. The van der Waals surface area contributed by atoms with E-state index in [1.807, 2.05) is 26.0 Å². The van der Waals surface area contributed by atoms with Crippen molar-refractivity contribution in [2.45, 2.75) is 33.4 Å². The fraction of sp³-hybridized carbons (Fsp3) is 0.222. The van der Waals surface area contributed by atoms with E-state index in [2.05, 4.69) is 5.32 Å². The van der Waals surface area contributed by atoms with Gasteiger partial charge in [0.05, 0.1) is 5.56 Å². The lowest BCUT2D eigenvalue weighted by atomic mass is 9.96. The van der Waals surface area contributed by atoms with Crippen molar-refractivity contribution in [3.8, 4) is 11.5 Å². The summed E-state index contributed by atoms with van der Waals surface area (Å²) in [5.41, 5.74) is 3.70.